The smallest absolute Gasteiger partial charge is 0.321 e. The second kappa shape index (κ2) is 5.83. The van der Waals surface area contributed by atoms with Crippen LogP contribution in [0.4, 0.5) is 4.39 Å². The molecular formula is C14H18BrFO2. The van der Waals surface area contributed by atoms with Gasteiger partial charge in [0.15, 0.2) is 0 Å². The lowest BCUT2D eigenvalue weighted by atomic mass is 9.77. The summed E-state index contributed by atoms with van der Waals surface area (Å²) < 4.78 is 11.9. The van der Waals surface area contributed by atoms with E-state index in [-0.39, 0.29) is 17.7 Å². The van der Waals surface area contributed by atoms with Crippen molar-refractivity contribution < 1.29 is 14.3 Å². The fourth-order valence-corrected chi connectivity index (χ4v) is 3.14. The average Bonchev–Trinajstić information content (AvgIpc) is 2.31. The summed E-state index contributed by atoms with van der Waals surface area (Å²) in [4.78, 5) is 11.5. The molecule has 2 nitrogen and oxygen atoms in total. The summed E-state index contributed by atoms with van der Waals surface area (Å²) in [5, 5.41) is 9.45. The second-order valence-corrected chi connectivity index (χ2v) is 6.21. The number of hydrogen-bond donors (Lipinski definition) is 1. The lowest BCUT2D eigenvalue weighted by Gasteiger charge is -2.34. The van der Waals surface area contributed by atoms with Crippen molar-refractivity contribution in [2.24, 2.45) is 5.92 Å². The second-order valence-electron chi connectivity index (χ2n) is 4.79. The van der Waals surface area contributed by atoms with Crippen molar-refractivity contribution in [2.75, 3.05) is 0 Å². The standard InChI is InChI=1S/C14H18BrFO2/c1-4-14(15,13(17)18)12(9(2)3)10-5-7-11(16)8-6-10/h5-9,12H,4H2,1-3H3,(H,17,18). The fraction of sp³-hybridized carbons (Fsp3) is 0.500. The minimum Gasteiger partial charge on any atom is -0.480 e. The molecule has 1 aromatic carbocycles. The molecule has 0 aliphatic heterocycles. The molecule has 0 saturated heterocycles. The monoisotopic (exact) mass is 316 g/mol. The van der Waals surface area contributed by atoms with Crippen LogP contribution in [0.2, 0.25) is 0 Å². The Hall–Kier alpha value is -0.900. The van der Waals surface area contributed by atoms with Crippen LogP contribution in [-0.4, -0.2) is 15.4 Å². The van der Waals surface area contributed by atoms with Crippen molar-refractivity contribution >= 4 is 21.9 Å². The summed E-state index contributed by atoms with van der Waals surface area (Å²) in [5.41, 5.74) is 0.840. The van der Waals surface area contributed by atoms with Crippen LogP contribution < -0.4 is 0 Å². The quantitative estimate of drug-likeness (QED) is 0.827. The molecule has 0 amide bonds. The lowest BCUT2D eigenvalue weighted by Crippen LogP contribution is -2.40. The van der Waals surface area contributed by atoms with Crippen molar-refractivity contribution in [2.45, 2.75) is 37.4 Å². The van der Waals surface area contributed by atoms with Crippen molar-refractivity contribution in [1.82, 2.24) is 0 Å². The average molecular weight is 317 g/mol. The number of aliphatic carboxylic acids is 1. The van der Waals surface area contributed by atoms with E-state index in [0.29, 0.717) is 6.42 Å². The molecule has 0 aliphatic carbocycles. The van der Waals surface area contributed by atoms with Crippen LogP contribution in [-0.2, 0) is 4.79 Å². The highest BCUT2D eigenvalue weighted by molar-refractivity contribution is 9.10. The van der Waals surface area contributed by atoms with Crippen LogP contribution in [0, 0.1) is 11.7 Å². The third kappa shape index (κ3) is 2.91. The molecule has 1 rings (SSSR count). The first kappa shape index (κ1) is 15.2. The van der Waals surface area contributed by atoms with Gasteiger partial charge in [-0.15, -0.1) is 0 Å². The lowest BCUT2D eigenvalue weighted by molar-refractivity contribution is -0.140. The van der Waals surface area contributed by atoms with Crippen LogP contribution in [0.1, 0.15) is 38.7 Å². The van der Waals surface area contributed by atoms with E-state index >= 15 is 0 Å². The molecule has 4 heteroatoms. The number of carboxylic acid groups (broad SMARTS) is 1. The van der Waals surface area contributed by atoms with E-state index in [1.54, 1.807) is 12.1 Å². The van der Waals surface area contributed by atoms with Gasteiger partial charge >= 0.3 is 5.97 Å². The molecule has 0 fully saturated rings. The Labute approximate surface area is 115 Å². The predicted octanol–water partition coefficient (Wildman–Crippen LogP) is 4.19. The number of benzene rings is 1. The van der Waals surface area contributed by atoms with Crippen LogP contribution in [0.5, 0.6) is 0 Å². The number of rotatable bonds is 5. The summed E-state index contributed by atoms with van der Waals surface area (Å²) in [6, 6.07) is 6.06. The zero-order valence-electron chi connectivity index (χ0n) is 10.8. The fourth-order valence-electron chi connectivity index (χ4n) is 2.35. The summed E-state index contributed by atoms with van der Waals surface area (Å²) >= 11 is 3.38. The molecule has 0 aliphatic rings. The van der Waals surface area contributed by atoms with E-state index in [0.717, 1.165) is 5.56 Å². The topological polar surface area (TPSA) is 37.3 Å². The third-order valence-corrected chi connectivity index (χ3v) is 4.65. The number of halogens is 2. The Morgan fingerprint density at radius 1 is 1.39 bits per heavy atom. The van der Waals surface area contributed by atoms with Gasteiger partial charge in [-0.2, -0.15) is 0 Å². The zero-order chi connectivity index (χ0) is 13.9. The predicted molar refractivity (Wildman–Crippen MR) is 73.6 cm³/mol. The maximum atomic E-state index is 13.0. The van der Waals surface area contributed by atoms with E-state index in [9.17, 15) is 14.3 Å². The normalized spacial score (nSPS) is 16.3. The number of carboxylic acids is 1. The Bertz CT molecular complexity index is 416. The van der Waals surface area contributed by atoms with Gasteiger partial charge in [-0.05, 0) is 30.0 Å². The molecular weight excluding hydrogens is 299 g/mol. The molecule has 0 aromatic heterocycles. The maximum Gasteiger partial charge on any atom is 0.321 e. The van der Waals surface area contributed by atoms with Crippen LogP contribution in [0.3, 0.4) is 0 Å². The van der Waals surface area contributed by atoms with Crippen LogP contribution in [0.25, 0.3) is 0 Å². The molecule has 0 heterocycles. The van der Waals surface area contributed by atoms with Gasteiger partial charge in [0.05, 0.1) is 0 Å². The molecule has 2 atom stereocenters. The summed E-state index contributed by atoms with van der Waals surface area (Å²) in [6.07, 6.45) is 0.461. The van der Waals surface area contributed by atoms with Gasteiger partial charge in [0.1, 0.15) is 10.1 Å². The Balaban J connectivity index is 3.25. The van der Waals surface area contributed by atoms with Gasteiger partial charge in [-0.3, -0.25) is 4.79 Å². The van der Waals surface area contributed by atoms with Gasteiger partial charge in [-0.1, -0.05) is 48.8 Å². The molecule has 0 bridgehead atoms. The number of hydrogen-bond acceptors (Lipinski definition) is 1. The van der Waals surface area contributed by atoms with Crippen molar-refractivity contribution in [1.29, 1.82) is 0 Å². The summed E-state index contributed by atoms with van der Waals surface area (Å²) in [6.45, 7) is 5.78. The molecule has 1 N–H and O–H groups in total. The van der Waals surface area contributed by atoms with Gasteiger partial charge in [-0.25, -0.2) is 4.39 Å². The first-order valence-electron chi connectivity index (χ1n) is 6.00. The first-order chi connectivity index (χ1) is 8.32. The van der Waals surface area contributed by atoms with Crippen LogP contribution >= 0.6 is 15.9 Å². The minimum atomic E-state index is -1.01. The Morgan fingerprint density at radius 3 is 2.22 bits per heavy atom. The third-order valence-electron chi connectivity index (χ3n) is 3.26. The van der Waals surface area contributed by atoms with Crippen LogP contribution in [0.15, 0.2) is 24.3 Å². The largest absolute Gasteiger partial charge is 0.480 e. The van der Waals surface area contributed by atoms with E-state index in [1.807, 2.05) is 20.8 Å². The number of carbonyl (C=O) groups is 1. The molecule has 1 aromatic rings. The van der Waals surface area contributed by atoms with E-state index < -0.39 is 10.3 Å². The van der Waals surface area contributed by atoms with Crippen molar-refractivity contribution in [3.05, 3.63) is 35.6 Å². The van der Waals surface area contributed by atoms with Gasteiger partial charge in [0.2, 0.25) is 0 Å². The highest BCUT2D eigenvalue weighted by Crippen LogP contribution is 2.43. The minimum absolute atomic E-state index is 0.130. The van der Waals surface area contributed by atoms with E-state index in [2.05, 4.69) is 15.9 Å². The molecule has 100 valence electrons. The molecule has 0 radical (unpaired) electrons. The molecule has 18 heavy (non-hydrogen) atoms. The Kier molecular flexibility index (Phi) is 4.91. The Morgan fingerprint density at radius 2 is 1.89 bits per heavy atom. The van der Waals surface area contributed by atoms with Gasteiger partial charge in [0.25, 0.3) is 0 Å². The van der Waals surface area contributed by atoms with E-state index in [4.69, 9.17) is 0 Å². The SMILES string of the molecule is CCC(Br)(C(=O)O)C(c1ccc(F)cc1)C(C)C. The highest BCUT2D eigenvalue weighted by Gasteiger charge is 2.44. The highest BCUT2D eigenvalue weighted by atomic mass is 79.9. The van der Waals surface area contributed by atoms with Gasteiger partial charge < -0.3 is 5.11 Å². The maximum absolute atomic E-state index is 13.0. The van der Waals surface area contributed by atoms with Crippen molar-refractivity contribution in [3.8, 4) is 0 Å². The first-order valence-corrected chi connectivity index (χ1v) is 6.80. The van der Waals surface area contributed by atoms with Crippen molar-refractivity contribution in [3.63, 3.8) is 0 Å². The number of alkyl halides is 1. The summed E-state index contributed by atoms with van der Waals surface area (Å²) in [7, 11) is 0. The zero-order valence-corrected chi connectivity index (χ0v) is 12.4. The molecule has 2 unspecified atom stereocenters. The van der Waals surface area contributed by atoms with E-state index in [1.165, 1.54) is 12.1 Å². The molecule has 0 saturated carbocycles. The van der Waals surface area contributed by atoms with Gasteiger partial charge in [0, 0.05) is 5.92 Å². The summed E-state index contributed by atoms with van der Waals surface area (Å²) in [5.74, 6) is -1.27. The molecule has 0 spiro atoms.